The first kappa shape index (κ1) is 14.7. The molecule has 2 aromatic rings. The van der Waals surface area contributed by atoms with E-state index in [1.807, 2.05) is 13.0 Å². The van der Waals surface area contributed by atoms with Gasteiger partial charge in [-0.05, 0) is 42.7 Å². The highest BCUT2D eigenvalue weighted by atomic mass is 35.5. The molecule has 1 unspecified atom stereocenters. The number of nitrogens with two attached hydrogens (primary N) is 2. The van der Waals surface area contributed by atoms with E-state index in [4.69, 9.17) is 23.2 Å². The Labute approximate surface area is 121 Å². The van der Waals surface area contributed by atoms with Gasteiger partial charge in [0.1, 0.15) is 11.6 Å². The molecule has 5 N–H and O–H groups in total. The first-order valence-electron chi connectivity index (χ1n) is 6.13. The van der Waals surface area contributed by atoms with Crippen molar-refractivity contribution in [2.45, 2.75) is 19.4 Å². The van der Waals surface area contributed by atoms with Gasteiger partial charge in [0.2, 0.25) is 0 Å². The molecule has 0 fully saturated rings. The van der Waals surface area contributed by atoms with Gasteiger partial charge in [0.05, 0.1) is 6.04 Å². The summed E-state index contributed by atoms with van der Waals surface area (Å²) in [4.78, 5) is 4.11. The van der Waals surface area contributed by atoms with Crippen LogP contribution >= 0.6 is 11.6 Å². The first-order valence-corrected chi connectivity index (χ1v) is 6.51. The molecule has 6 heteroatoms. The Hall–Kier alpha value is -1.69. The number of nitrogen functional groups attached to an aromatic ring is 1. The highest BCUT2D eigenvalue weighted by Crippen LogP contribution is 2.26. The molecule has 1 heterocycles. The lowest BCUT2D eigenvalue weighted by Crippen LogP contribution is -2.30. The third kappa shape index (κ3) is 3.25. The van der Waals surface area contributed by atoms with Gasteiger partial charge in [-0.1, -0.05) is 17.7 Å². The molecule has 0 aliphatic carbocycles. The van der Waals surface area contributed by atoms with Crippen LogP contribution in [0.3, 0.4) is 0 Å². The van der Waals surface area contributed by atoms with E-state index in [0.717, 1.165) is 16.7 Å². The van der Waals surface area contributed by atoms with Crippen LogP contribution in [0, 0.1) is 12.7 Å². The number of halogens is 2. The zero-order valence-electron chi connectivity index (χ0n) is 11.0. The summed E-state index contributed by atoms with van der Waals surface area (Å²) in [6.07, 6.45) is 2.18. The Morgan fingerprint density at radius 3 is 2.80 bits per heavy atom. The summed E-state index contributed by atoms with van der Waals surface area (Å²) in [7, 11) is 0. The third-order valence-electron chi connectivity index (χ3n) is 3.10. The third-order valence-corrected chi connectivity index (χ3v) is 3.45. The minimum atomic E-state index is -0.368. The van der Waals surface area contributed by atoms with Gasteiger partial charge in [-0.3, -0.25) is 11.3 Å². The first-order chi connectivity index (χ1) is 9.51. The van der Waals surface area contributed by atoms with Crippen LogP contribution in [0.2, 0.25) is 5.02 Å². The molecule has 0 spiro atoms. The average molecular weight is 295 g/mol. The van der Waals surface area contributed by atoms with E-state index in [-0.39, 0.29) is 11.9 Å². The summed E-state index contributed by atoms with van der Waals surface area (Å²) in [6.45, 7) is 1.92. The van der Waals surface area contributed by atoms with Gasteiger partial charge in [0.25, 0.3) is 0 Å². The van der Waals surface area contributed by atoms with E-state index in [9.17, 15) is 4.39 Å². The maximum absolute atomic E-state index is 13.1. The quantitative estimate of drug-likeness (QED) is 0.598. The highest BCUT2D eigenvalue weighted by molar-refractivity contribution is 6.31. The Kier molecular flexibility index (Phi) is 4.54. The molecule has 0 saturated heterocycles. The molecule has 20 heavy (non-hydrogen) atoms. The fraction of sp³-hybridized carbons (Fsp3) is 0.214. The second-order valence-electron chi connectivity index (χ2n) is 4.65. The van der Waals surface area contributed by atoms with Gasteiger partial charge in [-0.15, -0.1) is 0 Å². The molecule has 4 nitrogen and oxygen atoms in total. The van der Waals surface area contributed by atoms with Crippen molar-refractivity contribution >= 4 is 17.4 Å². The molecule has 0 amide bonds. The van der Waals surface area contributed by atoms with Gasteiger partial charge in [0, 0.05) is 16.8 Å². The molecule has 0 bridgehead atoms. The van der Waals surface area contributed by atoms with Crippen LogP contribution in [0.4, 0.5) is 10.2 Å². The normalized spacial score (nSPS) is 12.4. The SMILES string of the molecule is Cc1cnc(N)c(C(Cc2ccc(F)cc2Cl)NN)c1. The Balaban J connectivity index is 2.31. The van der Waals surface area contributed by atoms with Gasteiger partial charge >= 0.3 is 0 Å². The second kappa shape index (κ2) is 6.17. The number of hydrazine groups is 1. The molecule has 2 rings (SSSR count). The molecular weight excluding hydrogens is 279 g/mol. The van der Waals surface area contributed by atoms with E-state index in [1.54, 1.807) is 12.3 Å². The maximum atomic E-state index is 13.1. The van der Waals surface area contributed by atoms with Crippen molar-refractivity contribution in [3.05, 3.63) is 58.0 Å². The van der Waals surface area contributed by atoms with Crippen LogP contribution in [0.15, 0.2) is 30.5 Å². The van der Waals surface area contributed by atoms with Crippen LogP contribution < -0.4 is 17.0 Å². The Bertz CT molecular complexity index is 618. The van der Waals surface area contributed by atoms with Crippen molar-refractivity contribution in [2.75, 3.05) is 5.73 Å². The lowest BCUT2D eigenvalue weighted by Gasteiger charge is -2.19. The summed E-state index contributed by atoms with van der Waals surface area (Å²) in [5.74, 6) is 5.65. The number of pyridine rings is 1. The number of aryl methyl sites for hydroxylation is 1. The summed E-state index contributed by atoms with van der Waals surface area (Å²) >= 11 is 6.03. The molecule has 0 aliphatic heterocycles. The molecule has 0 saturated carbocycles. The standard InChI is InChI=1S/C14H16ClFN4/c1-8-4-11(14(17)19-7-8)13(20-18)5-9-2-3-10(16)6-12(9)15/h2-4,6-7,13,20H,5,18H2,1H3,(H2,17,19). The van der Waals surface area contributed by atoms with E-state index in [0.29, 0.717) is 17.3 Å². The number of hydrogen-bond acceptors (Lipinski definition) is 4. The zero-order chi connectivity index (χ0) is 14.7. The number of hydrogen-bond donors (Lipinski definition) is 3. The van der Waals surface area contributed by atoms with Crippen molar-refractivity contribution in [2.24, 2.45) is 5.84 Å². The van der Waals surface area contributed by atoms with E-state index >= 15 is 0 Å². The fourth-order valence-corrected chi connectivity index (χ4v) is 2.29. The van der Waals surface area contributed by atoms with E-state index < -0.39 is 0 Å². The lowest BCUT2D eigenvalue weighted by atomic mass is 9.99. The Morgan fingerprint density at radius 1 is 1.40 bits per heavy atom. The smallest absolute Gasteiger partial charge is 0.128 e. The predicted molar refractivity (Wildman–Crippen MR) is 78.6 cm³/mol. The van der Waals surface area contributed by atoms with Gasteiger partial charge in [-0.2, -0.15) is 0 Å². The Morgan fingerprint density at radius 2 is 2.15 bits per heavy atom. The molecule has 0 aliphatic rings. The van der Waals surface area contributed by atoms with Crippen molar-refractivity contribution < 1.29 is 4.39 Å². The molecule has 106 valence electrons. The van der Waals surface area contributed by atoms with Gasteiger partial charge < -0.3 is 5.73 Å². The summed E-state index contributed by atoms with van der Waals surface area (Å²) in [5.41, 5.74) is 11.2. The molecule has 0 radical (unpaired) electrons. The summed E-state index contributed by atoms with van der Waals surface area (Å²) in [6, 6.07) is 5.96. The van der Waals surface area contributed by atoms with Crippen molar-refractivity contribution in [1.29, 1.82) is 0 Å². The number of anilines is 1. The lowest BCUT2D eigenvalue weighted by molar-refractivity contribution is 0.550. The minimum Gasteiger partial charge on any atom is -0.383 e. The summed E-state index contributed by atoms with van der Waals surface area (Å²) in [5, 5.41) is 0.365. The fourth-order valence-electron chi connectivity index (χ4n) is 2.05. The van der Waals surface area contributed by atoms with Crippen molar-refractivity contribution in [3.63, 3.8) is 0 Å². The predicted octanol–water partition coefficient (Wildman–Crippen LogP) is 2.51. The van der Waals surface area contributed by atoms with Crippen LogP contribution in [0.5, 0.6) is 0 Å². The number of rotatable bonds is 4. The molecular formula is C14H16ClFN4. The van der Waals surface area contributed by atoms with Crippen molar-refractivity contribution in [1.82, 2.24) is 10.4 Å². The maximum Gasteiger partial charge on any atom is 0.128 e. The zero-order valence-corrected chi connectivity index (χ0v) is 11.8. The molecule has 1 aromatic carbocycles. The van der Waals surface area contributed by atoms with Crippen molar-refractivity contribution in [3.8, 4) is 0 Å². The minimum absolute atomic E-state index is 0.245. The van der Waals surface area contributed by atoms with E-state index in [2.05, 4.69) is 10.4 Å². The van der Waals surface area contributed by atoms with Gasteiger partial charge in [-0.25, -0.2) is 9.37 Å². The number of benzene rings is 1. The number of nitrogens with zero attached hydrogens (tertiary/aromatic N) is 1. The molecule has 1 aromatic heterocycles. The van der Waals surface area contributed by atoms with Gasteiger partial charge in [0.15, 0.2) is 0 Å². The topological polar surface area (TPSA) is 77.0 Å². The van der Waals surface area contributed by atoms with Crippen LogP contribution in [0.25, 0.3) is 0 Å². The van der Waals surface area contributed by atoms with E-state index in [1.165, 1.54) is 12.1 Å². The second-order valence-corrected chi connectivity index (χ2v) is 5.05. The largest absolute Gasteiger partial charge is 0.383 e. The number of aromatic nitrogens is 1. The molecule has 1 atom stereocenters. The average Bonchev–Trinajstić information content (AvgIpc) is 2.41. The van der Waals surface area contributed by atoms with Crippen LogP contribution in [-0.4, -0.2) is 4.98 Å². The highest BCUT2D eigenvalue weighted by Gasteiger charge is 2.16. The van der Waals surface area contributed by atoms with Crippen LogP contribution in [-0.2, 0) is 6.42 Å². The monoisotopic (exact) mass is 294 g/mol. The van der Waals surface area contributed by atoms with Crippen LogP contribution in [0.1, 0.15) is 22.7 Å². The number of nitrogens with one attached hydrogen (secondary N) is 1. The summed E-state index contributed by atoms with van der Waals surface area (Å²) < 4.78 is 13.1.